The van der Waals surface area contributed by atoms with Crippen molar-refractivity contribution >= 4 is 5.69 Å². The number of pyridine rings is 1. The Labute approximate surface area is 136 Å². The van der Waals surface area contributed by atoms with Gasteiger partial charge in [0.2, 0.25) is 0 Å². The van der Waals surface area contributed by atoms with Gasteiger partial charge in [-0.05, 0) is 37.1 Å². The third-order valence-corrected chi connectivity index (χ3v) is 4.23. The molecule has 1 aromatic carbocycles. The Morgan fingerprint density at radius 1 is 1.26 bits per heavy atom. The van der Waals surface area contributed by atoms with Crippen molar-refractivity contribution in [1.29, 1.82) is 0 Å². The van der Waals surface area contributed by atoms with Gasteiger partial charge in [-0.25, -0.2) is 4.39 Å². The monoisotopic (exact) mass is 315 g/mol. The topological polar surface area (TPSA) is 48.4 Å². The van der Waals surface area contributed by atoms with Crippen LogP contribution in [0.1, 0.15) is 24.6 Å². The van der Waals surface area contributed by atoms with Crippen LogP contribution in [0.3, 0.4) is 0 Å². The molecule has 0 spiro atoms. The van der Waals surface area contributed by atoms with Crippen molar-refractivity contribution in [3.05, 3.63) is 60.2 Å². The highest BCUT2D eigenvalue weighted by atomic mass is 19.1. The van der Waals surface area contributed by atoms with Crippen LogP contribution in [0.5, 0.6) is 0 Å². The van der Waals surface area contributed by atoms with Crippen molar-refractivity contribution in [3.8, 4) is 0 Å². The number of hydrogen-bond acceptors (Lipinski definition) is 4. The summed E-state index contributed by atoms with van der Waals surface area (Å²) in [5.74, 6) is -0.389. The van der Waals surface area contributed by atoms with Gasteiger partial charge in [0.25, 0.3) is 0 Å². The summed E-state index contributed by atoms with van der Waals surface area (Å²) in [4.78, 5) is 6.29. The first-order chi connectivity index (χ1) is 11.2. The van der Waals surface area contributed by atoms with Crippen LogP contribution in [0.4, 0.5) is 10.1 Å². The number of nitrogens with zero attached hydrogens (tertiary/aromatic N) is 2. The first-order valence-corrected chi connectivity index (χ1v) is 8.05. The Hall–Kier alpha value is -1.98. The second-order valence-electron chi connectivity index (χ2n) is 5.95. The van der Waals surface area contributed by atoms with Crippen molar-refractivity contribution in [3.63, 3.8) is 0 Å². The van der Waals surface area contributed by atoms with E-state index in [1.165, 1.54) is 17.8 Å². The molecule has 0 bridgehead atoms. The van der Waals surface area contributed by atoms with Gasteiger partial charge < -0.3 is 15.3 Å². The van der Waals surface area contributed by atoms with E-state index < -0.39 is 6.10 Å². The first kappa shape index (κ1) is 15.9. The van der Waals surface area contributed by atoms with Crippen LogP contribution in [0, 0.1) is 5.82 Å². The summed E-state index contributed by atoms with van der Waals surface area (Å²) < 4.78 is 12.9. The number of benzene rings is 1. The molecule has 122 valence electrons. The molecular formula is C18H22FN3O. The van der Waals surface area contributed by atoms with E-state index in [1.54, 1.807) is 0 Å². The van der Waals surface area contributed by atoms with Crippen molar-refractivity contribution < 1.29 is 9.50 Å². The van der Waals surface area contributed by atoms with Gasteiger partial charge in [0, 0.05) is 31.4 Å². The standard InChI is InChI=1S/C18H22FN3O/c19-14-8-9-17(21-11-14)18(23)12-20-15-5-4-10-22(13-15)16-6-2-1-3-7-16/h1-3,6-9,11,15,18,20,23H,4-5,10,12-13H2. The molecule has 2 N–H and O–H groups in total. The Kier molecular flexibility index (Phi) is 5.20. The van der Waals surface area contributed by atoms with Crippen LogP contribution in [-0.4, -0.2) is 35.8 Å². The Morgan fingerprint density at radius 3 is 2.83 bits per heavy atom. The van der Waals surface area contributed by atoms with Crippen molar-refractivity contribution in [2.45, 2.75) is 25.0 Å². The van der Waals surface area contributed by atoms with E-state index in [-0.39, 0.29) is 5.82 Å². The predicted molar refractivity (Wildman–Crippen MR) is 88.8 cm³/mol. The molecule has 1 fully saturated rings. The van der Waals surface area contributed by atoms with Crippen LogP contribution in [0.25, 0.3) is 0 Å². The number of hydrogen-bond donors (Lipinski definition) is 2. The molecule has 1 saturated heterocycles. The maximum Gasteiger partial charge on any atom is 0.141 e. The molecule has 3 rings (SSSR count). The summed E-state index contributed by atoms with van der Waals surface area (Å²) in [5.41, 5.74) is 1.73. The molecule has 4 nitrogen and oxygen atoms in total. The van der Waals surface area contributed by atoms with E-state index in [4.69, 9.17) is 0 Å². The normalized spacial score (nSPS) is 19.6. The van der Waals surface area contributed by atoms with Crippen molar-refractivity contribution in [1.82, 2.24) is 10.3 Å². The quantitative estimate of drug-likeness (QED) is 0.890. The summed E-state index contributed by atoms with van der Waals surface area (Å²) in [6.45, 7) is 2.41. The van der Waals surface area contributed by atoms with E-state index in [0.717, 1.165) is 32.1 Å². The fourth-order valence-electron chi connectivity index (χ4n) is 2.98. The first-order valence-electron chi connectivity index (χ1n) is 8.05. The number of anilines is 1. The second-order valence-corrected chi connectivity index (χ2v) is 5.95. The van der Waals surface area contributed by atoms with Gasteiger partial charge in [0.15, 0.2) is 0 Å². The number of aromatic nitrogens is 1. The summed E-state index contributed by atoms with van der Waals surface area (Å²) in [6.07, 6.45) is 2.63. The van der Waals surface area contributed by atoms with Crippen LogP contribution >= 0.6 is 0 Å². The molecule has 0 saturated carbocycles. The van der Waals surface area contributed by atoms with E-state index in [0.29, 0.717) is 18.3 Å². The second kappa shape index (κ2) is 7.53. The summed E-state index contributed by atoms with van der Waals surface area (Å²) in [6, 6.07) is 13.6. The summed E-state index contributed by atoms with van der Waals surface area (Å²) >= 11 is 0. The van der Waals surface area contributed by atoms with Crippen LogP contribution in [0.15, 0.2) is 48.7 Å². The molecule has 1 aliphatic rings. The third-order valence-electron chi connectivity index (χ3n) is 4.23. The van der Waals surface area contributed by atoms with Gasteiger partial charge in [-0.3, -0.25) is 4.98 Å². The molecule has 23 heavy (non-hydrogen) atoms. The highest BCUT2D eigenvalue weighted by molar-refractivity contribution is 5.46. The van der Waals surface area contributed by atoms with Gasteiger partial charge in [-0.15, -0.1) is 0 Å². The molecule has 2 aromatic rings. The SMILES string of the molecule is OC(CNC1CCCN(c2ccccc2)C1)c1ccc(F)cn1. The number of piperidine rings is 1. The molecule has 1 aliphatic heterocycles. The van der Waals surface area contributed by atoms with Gasteiger partial charge in [-0.1, -0.05) is 18.2 Å². The lowest BCUT2D eigenvalue weighted by Gasteiger charge is -2.35. The zero-order valence-corrected chi connectivity index (χ0v) is 13.0. The van der Waals surface area contributed by atoms with E-state index >= 15 is 0 Å². The number of para-hydroxylation sites is 1. The zero-order valence-electron chi connectivity index (χ0n) is 13.0. The van der Waals surface area contributed by atoms with Crippen LogP contribution in [0.2, 0.25) is 0 Å². The largest absolute Gasteiger partial charge is 0.385 e. The molecule has 0 radical (unpaired) electrons. The van der Waals surface area contributed by atoms with E-state index in [9.17, 15) is 9.50 Å². The van der Waals surface area contributed by atoms with Gasteiger partial charge in [0.05, 0.1) is 11.9 Å². The van der Waals surface area contributed by atoms with Gasteiger partial charge >= 0.3 is 0 Å². The molecule has 1 aromatic heterocycles. The van der Waals surface area contributed by atoms with Crippen LogP contribution in [-0.2, 0) is 0 Å². The fraction of sp³-hybridized carbons (Fsp3) is 0.389. The lowest BCUT2D eigenvalue weighted by atomic mass is 10.0. The zero-order chi connectivity index (χ0) is 16.1. The summed E-state index contributed by atoms with van der Waals surface area (Å²) in [7, 11) is 0. The predicted octanol–water partition coefficient (Wildman–Crippen LogP) is 2.51. The molecule has 2 atom stereocenters. The minimum atomic E-state index is -0.720. The number of rotatable bonds is 5. The molecular weight excluding hydrogens is 293 g/mol. The average molecular weight is 315 g/mol. The molecule has 2 heterocycles. The van der Waals surface area contributed by atoms with Crippen molar-refractivity contribution in [2.24, 2.45) is 0 Å². The highest BCUT2D eigenvalue weighted by Crippen LogP contribution is 2.20. The molecule has 2 unspecified atom stereocenters. The average Bonchev–Trinajstić information content (AvgIpc) is 2.61. The molecule has 5 heteroatoms. The number of nitrogens with one attached hydrogen (secondary N) is 1. The van der Waals surface area contributed by atoms with Crippen molar-refractivity contribution in [2.75, 3.05) is 24.5 Å². The fourth-order valence-corrected chi connectivity index (χ4v) is 2.98. The minimum absolute atomic E-state index is 0.332. The van der Waals surface area contributed by atoms with Gasteiger partial charge in [-0.2, -0.15) is 0 Å². The Morgan fingerprint density at radius 2 is 2.09 bits per heavy atom. The maximum absolute atomic E-state index is 12.9. The lowest BCUT2D eigenvalue weighted by molar-refractivity contribution is 0.163. The number of aliphatic hydroxyl groups excluding tert-OH is 1. The van der Waals surface area contributed by atoms with E-state index in [2.05, 4.69) is 39.5 Å². The smallest absolute Gasteiger partial charge is 0.141 e. The lowest BCUT2D eigenvalue weighted by Crippen LogP contribution is -2.46. The molecule has 0 aliphatic carbocycles. The number of halogens is 1. The minimum Gasteiger partial charge on any atom is -0.385 e. The van der Waals surface area contributed by atoms with E-state index in [1.807, 2.05) is 6.07 Å². The highest BCUT2D eigenvalue weighted by Gasteiger charge is 2.21. The Balaban J connectivity index is 1.53. The third kappa shape index (κ3) is 4.27. The number of aliphatic hydroxyl groups is 1. The van der Waals surface area contributed by atoms with Crippen LogP contribution < -0.4 is 10.2 Å². The summed E-state index contributed by atoms with van der Waals surface area (Å²) in [5, 5.41) is 13.6. The maximum atomic E-state index is 12.9. The van der Waals surface area contributed by atoms with Gasteiger partial charge in [0.1, 0.15) is 11.9 Å². The molecule has 0 amide bonds. The Bertz CT molecular complexity index is 605.